The third-order valence-corrected chi connectivity index (χ3v) is 5.64. The van der Waals surface area contributed by atoms with Gasteiger partial charge in [-0.25, -0.2) is 9.78 Å². The second-order valence-corrected chi connectivity index (χ2v) is 7.62. The van der Waals surface area contributed by atoms with Crippen LogP contribution in [0.3, 0.4) is 0 Å². The number of carbonyl (C=O) groups is 1. The molecule has 1 atom stereocenters. The SMILES string of the molecule is CC1(CNC(=O)Nc2cccc(C3CC3)n2)OCCc2sccc21. The normalized spacial score (nSPS) is 22.7. The van der Waals surface area contributed by atoms with Gasteiger partial charge >= 0.3 is 6.03 Å². The molecule has 0 aromatic carbocycles. The molecule has 2 aromatic rings. The number of aromatic nitrogens is 1. The topological polar surface area (TPSA) is 63.2 Å². The number of hydrogen-bond donors (Lipinski definition) is 2. The van der Waals surface area contributed by atoms with Crippen molar-refractivity contribution in [2.24, 2.45) is 0 Å². The highest BCUT2D eigenvalue weighted by Crippen LogP contribution is 2.39. The van der Waals surface area contributed by atoms with Gasteiger partial charge in [-0.3, -0.25) is 5.32 Å². The Labute approximate surface area is 145 Å². The van der Waals surface area contributed by atoms with E-state index in [1.807, 2.05) is 25.1 Å². The maximum atomic E-state index is 12.2. The van der Waals surface area contributed by atoms with E-state index in [2.05, 4.69) is 27.1 Å². The fourth-order valence-corrected chi connectivity index (χ4v) is 4.12. The monoisotopic (exact) mass is 343 g/mol. The Morgan fingerprint density at radius 3 is 3.12 bits per heavy atom. The number of urea groups is 1. The maximum absolute atomic E-state index is 12.2. The predicted molar refractivity (Wildman–Crippen MR) is 94.6 cm³/mol. The first-order valence-electron chi connectivity index (χ1n) is 8.37. The van der Waals surface area contributed by atoms with Gasteiger partial charge in [0, 0.05) is 22.9 Å². The lowest BCUT2D eigenvalue weighted by molar-refractivity contribution is -0.0416. The van der Waals surface area contributed by atoms with Crippen LogP contribution in [0, 0.1) is 0 Å². The Morgan fingerprint density at radius 1 is 1.42 bits per heavy atom. The van der Waals surface area contributed by atoms with Gasteiger partial charge in [-0.2, -0.15) is 0 Å². The summed E-state index contributed by atoms with van der Waals surface area (Å²) >= 11 is 1.76. The molecular weight excluding hydrogens is 322 g/mol. The number of carbonyl (C=O) groups excluding carboxylic acids is 1. The van der Waals surface area contributed by atoms with E-state index in [0.717, 1.165) is 12.1 Å². The zero-order valence-corrected chi connectivity index (χ0v) is 14.5. The molecule has 5 nitrogen and oxygen atoms in total. The zero-order valence-electron chi connectivity index (χ0n) is 13.7. The molecule has 0 saturated heterocycles. The molecule has 6 heteroatoms. The van der Waals surface area contributed by atoms with Gasteiger partial charge in [0.15, 0.2) is 0 Å². The van der Waals surface area contributed by atoms with E-state index < -0.39 is 5.60 Å². The van der Waals surface area contributed by atoms with Crippen molar-refractivity contribution in [1.82, 2.24) is 10.3 Å². The molecule has 1 unspecified atom stereocenters. The average molecular weight is 343 g/mol. The van der Waals surface area contributed by atoms with E-state index in [9.17, 15) is 4.79 Å². The van der Waals surface area contributed by atoms with Crippen molar-refractivity contribution in [3.8, 4) is 0 Å². The number of hydrogen-bond acceptors (Lipinski definition) is 4. The molecule has 2 aliphatic rings. The zero-order chi connectivity index (χ0) is 16.6. The van der Waals surface area contributed by atoms with Crippen molar-refractivity contribution in [1.29, 1.82) is 0 Å². The first kappa shape index (κ1) is 15.6. The van der Waals surface area contributed by atoms with Crippen LogP contribution in [0.2, 0.25) is 0 Å². The largest absolute Gasteiger partial charge is 0.368 e. The highest BCUT2D eigenvalue weighted by Gasteiger charge is 2.34. The first-order valence-corrected chi connectivity index (χ1v) is 9.25. The van der Waals surface area contributed by atoms with Crippen LogP contribution in [-0.2, 0) is 16.8 Å². The minimum atomic E-state index is -0.464. The average Bonchev–Trinajstić information content (AvgIpc) is 3.31. The van der Waals surface area contributed by atoms with Gasteiger partial charge in [0.1, 0.15) is 11.4 Å². The minimum absolute atomic E-state index is 0.248. The van der Waals surface area contributed by atoms with Crippen LogP contribution in [0.15, 0.2) is 29.6 Å². The molecule has 0 spiro atoms. The standard InChI is InChI=1S/C18H21N3O2S/c1-18(13-8-10-24-15(13)7-9-23-18)11-19-17(22)21-16-4-2-3-14(20-16)12-5-6-12/h2-4,8,10,12H,5-7,9,11H2,1H3,(H2,19,20,21,22). The molecule has 2 N–H and O–H groups in total. The highest BCUT2D eigenvalue weighted by molar-refractivity contribution is 7.10. The Hall–Kier alpha value is -1.92. The van der Waals surface area contributed by atoms with Crippen LogP contribution < -0.4 is 10.6 Å². The number of pyridine rings is 1. The molecule has 0 radical (unpaired) electrons. The maximum Gasteiger partial charge on any atom is 0.320 e. The molecule has 3 heterocycles. The number of ether oxygens (including phenoxy) is 1. The van der Waals surface area contributed by atoms with E-state index in [4.69, 9.17) is 4.74 Å². The van der Waals surface area contributed by atoms with Crippen molar-refractivity contribution in [3.05, 3.63) is 45.8 Å². The number of fused-ring (bicyclic) bond motifs is 1. The van der Waals surface area contributed by atoms with Crippen LogP contribution >= 0.6 is 11.3 Å². The number of rotatable bonds is 4. The van der Waals surface area contributed by atoms with Gasteiger partial charge < -0.3 is 10.1 Å². The molecule has 1 aliphatic heterocycles. The third-order valence-electron chi connectivity index (χ3n) is 4.66. The molecule has 2 amide bonds. The quantitative estimate of drug-likeness (QED) is 0.891. The fraction of sp³-hybridized carbons (Fsp3) is 0.444. The lowest BCUT2D eigenvalue weighted by Crippen LogP contribution is -2.44. The van der Waals surface area contributed by atoms with Crippen molar-refractivity contribution >= 4 is 23.2 Å². The minimum Gasteiger partial charge on any atom is -0.368 e. The Kier molecular flexibility index (Phi) is 4.02. The van der Waals surface area contributed by atoms with Crippen LogP contribution in [-0.4, -0.2) is 24.2 Å². The van der Waals surface area contributed by atoms with Gasteiger partial charge in [-0.15, -0.1) is 11.3 Å². The molecule has 2 aromatic heterocycles. The van der Waals surface area contributed by atoms with E-state index in [1.165, 1.54) is 23.3 Å². The van der Waals surface area contributed by atoms with Crippen molar-refractivity contribution in [2.75, 3.05) is 18.5 Å². The Morgan fingerprint density at radius 2 is 2.29 bits per heavy atom. The summed E-state index contributed by atoms with van der Waals surface area (Å²) in [7, 11) is 0. The van der Waals surface area contributed by atoms with Gasteiger partial charge in [0.2, 0.25) is 0 Å². The highest BCUT2D eigenvalue weighted by atomic mass is 32.1. The van der Waals surface area contributed by atoms with Gasteiger partial charge in [0.25, 0.3) is 0 Å². The number of anilines is 1. The summed E-state index contributed by atoms with van der Waals surface area (Å²) in [5, 5.41) is 7.84. The fourth-order valence-electron chi connectivity index (χ4n) is 3.14. The first-order chi connectivity index (χ1) is 11.6. The number of thiophene rings is 1. The second-order valence-electron chi connectivity index (χ2n) is 6.62. The van der Waals surface area contributed by atoms with Crippen LogP contribution in [0.4, 0.5) is 10.6 Å². The van der Waals surface area contributed by atoms with Crippen LogP contribution in [0.5, 0.6) is 0 Å². The second kappa shape index (κ2) is 6.18. The van der Waals surface area contributed by atoms with Crippen molar-refractivity contribution < 1.29 is 9.53 Å². The summed E-state index contributed by atoms with van der Waals surface area (Å²) in [6, 6.07) is 7.64. The number of nitrogens with zero attached hydrogens (tertiary/aromatic N) is 1. The van der Waals surface area contributed by atoms with E-state index in [-0.39, 0.29) is 6.03 Å². The summed E-state index contributed by atoms with van der Waals surface area (Å²) in [6.07, 6.45) is 3.34. The van der Waals surface area contributed by atoms with E-state index in [0.29, 0.717) is 24.9 Å². The summed E-state index contributed by atoms with van der Waals surface area (Å²) in [4.78, 5) is 18.1. The van der Waals surface area contributed by atoms with Gasteiger partial charge in [0.05, 0.1) is 13.2 Å². The molecule has 126 valence electrons. The number of nitrogens with one attached hydrogen (secondary N) is 2. The summed E-state index contributed by atoms with van der Waals surface area (Å²) in [5.74, 6) is 1.17. The van der Waals surface area contributed by atoms with Crippen LogP contribution in [0.25, 0.3) is 0 Å². The molecule has 1 saturated carbocycles. The molecule has 4 rings (SSSR count). The Bertz CT molecular complexity index is 756. The lowest BCUT2D eigenvalue weighted by atomic mass is 9.93. The van der Waals surface area contributed by atoms with Gasteiger partial charge in [-0.1, -0.05) is 6.07 Å². The predicted octanol–water partition coefficient (Wildman–Crippen LogP) is 3.63. The lowest BCUT2D eigenvalue weighted by Gasteiger charge is -2.34. The van der Waals surface area contributed by atoms with Crippen molar-refractivity contribution in [2.45, 2.75) is 37.7 Å². The summed E-state index contributed by atoms with van der Waals surface area (Å²) in [5.41, 5.74) is 1.79. The number of amides is 2. The van der Waals surface area contributed by atoms with Crippen LogP contribution in [0.1, 0.15) is 41.8 Å². The smallest absolute Gasteiger partial charge is 0.320 e. The van der Waals surface area contributed by atoms with Gasteiger partial charge in [-0.05, 0) is 48.9 Å². The molecular formula is C18H21N3O2S. The summed E-state index contributed by atoms with van der Waals surface area (Å²) in [6.45, 7) is 3.16. The molecule has 24 heavy (non-hydrogen) atoms. The van der Waals surface area contributed by atoms with E-state index >= 15 is 0 Å². The molecule has 1 aliphatic carbocycles. The van der Waals surface area contributed by atoms with E-state index in [1.54, 1.807) is 11.3 Å². The summed E-state index contributed by atoms with van der Waals surface area (Å²) < 4.78 is 5.96. The third kappa shape index (κ3) is 3.16. The molecule has 1 fully saturated rings. The Balaban J connectivity index is 1.38. The van der Waals surface area contributed by atoms with Crippen molar-refractivity contribution in [3.63, 3.8) is 0 Å². The molecule has 0 bridgehead atoms.